The van der Waals surface area contributed by atoms with Gasteiger partial charge < -0.3 is 10.1 Å². The summed E-state index contributed by atoms with van der Waals surface area (Å²) in [5.41, 5.74) is 4.22. The first kappa shape index (κ1) is 21.7. The molecule has 0 bridgehead atoms. The lowest BCUT2D eigenvalue weighted by molar-refractivity contribution is -0.118. The Hall–Kier alpha value is -2.13. The predicted molar refractivity (Wildman–Crippen MR) is 138 cm³/mol. The number of thioether (sulfide) groups is 1. The number of hydrogen-bond donors (Lipinski definition) is 1. The monoisotopic (exact) mass is 483 g/mol. The minimum absolute atomic E-state index is 0.0269. The summed E-state index contributed by atoms with van der Waals surface area (Å²) in [6, 6.07) is 10.3. The van der Waals surface area contributed by atoms with Crippen LogP contribution < -0.4 is 10.1 Å². The van der Waals surface area contributed by atoms with Crippen molar-refractivity contribution in [1.82, 2.24) is 9.88 Å². The van der Waals surface area contributed by atoms with Crippen molar-refractivity contribution in [3.8, 4) is 5.75 Å². The summed E-state index contributed by atoms with van der Waals surface area (Å²) in [6.45, 7) is 7.28. The Morgan fingerprint density at radius 2 is 2.03 bits per heavy atom. The van der Waals surface area contributed by atoms with Crippen LogP contribution in [-0.4, -0.2) is 47.0 Å². The molecule has 5 nitrogen and oxygen atoms in total. The third-order valence-electron chi connectivity index (χ3n) is 5.60. The number of rotatable bonds is 6. The smallest absolute Gasteiger partial charge is 0.262 e. The third kappa shape index (κ3) is 4.64. The lowest BCUT2D eigenvalue weighted by atomic mass is 10.1. The van der Waals surface area contributed by atoms with E-state index in [1.165, 1.54) is 17.1 Å². The third-order valence-corrected chi connectivity index (χ3v) is 8.38. The fourth-order valence-corrected chi connectivity index (χ4v) is 6.83. The number of thiazole rings is 1. The van der Waals surface area contributed by atoms with Crippen molar-refractivity contribution in [3.63, 3.8) is 0 Å². The van der Waals surface area contributed by atoms with E-state index in [1.54, 1.807) is 22.7 Å². The second kappa shape index (κ2) is 9.39. The summed E-state index contributed by atoms with van der Waals surface area (Å²) < 4.78 is 8.16. The Kier molecular flexibility index (Phi) is 6.37. The number of benzene rings is 2. The number of carbonyl (C=O) groups is 1. The van der Waals surface area contributed by atoms with E-state index in [4.69, 9.17) is 4.74 Å². The molecule has 0 unspecified atom stereocenters. The van der Waals surface area contributed by atoms with Crippen LogP contribution in [0.15, 0.2) is 35.7 Å². The summed E-state index contributed by atoms with van der Waals surface area (Å²) in [7, 11) is 0. The molecule has 1 aliphatic heterocycles. The highest BCUT2D eigenvalue weighted by Gasteiger charge is 2.15. The molecule has 2 aromatic heterocycles. The van der Waals surface area contributed by atoms with Gasteiger partial charge in [-0.05, 0) is 42.5 Å². The van der Waals surface area contributed by atoms with E-state index in [-0.39, 0.29) is 12.5 Å². The van der Waals surface area contributed by atoms with Crippen LogP contribution in [0.25, 0.3) is 20.3 Å². The molecular weight excluding hydrogens is 458 g/mol. The highest BCUT2D eigenvalue weighted by Crippen LogP contribution is 2.38. The fourth-order valence-electron chi connectivity index (χ4n) is 4.02. The summed E-state index contributed by atoms with van der Waals surface area (Å²) in [5, 5.41) is 7.09. The molecule has 32 heavy (non-hydrogen) atoms. The quantitative estimate of drug-likeness (QED) is 0.382. The molecule has 0 radical (unpaired) electrons. The number of anilines is 1. The predicted octanol–water partition coefficient (Wildman–Crippen LogP) is 5.69. The number of nitrogens with one attached hydrogen (secondary N) is 1. The van der Waals surface area contributed by atoms with E-state index >= 15 is 0 Å². The first-order valence-corrected chi connectivity index (χ1v) is 13.5. The lowest BCUT2D eigenvalue weighted by Crippen LogP contribution is -2.32. The summed E-state index contributed by atoms with van der Waals surface area (Å²) >= 11 is 5.33. The van der Waals surface area contributed by atoms with Gasteiger partial charge in [0.15, 0.2) is 6.61 Å². The van der Waals surface area contributed by atoms with Crippen LogP contribution in [0.4, 0.5) is 5.69 Å². The molecule has 2 aromatic carbocycles. The summed E-state index contributed by atoms with van der Waals surface area (Å²) in [6.07, 6.45) is 0. The number of fused-ring (bicyclic) bond motifs is 3. The molecule has 1 N–H and O–H groups in total. The first-order chi connectivity index (χ1) is 15.6. The Bertz CT molecular complexity index is 1270. The molecule has 5 rings (SSSR count). The van der Waals surface area contributed by atoms with Crippen molar-refractivity contribution >= 4 is 66.3 Å². The fraction of sp³-hybridized carbons (Fsp3) is 0.333. The molecule has 8 heteroatoms. The molecule has 0 saturated carbocycles. The van der Waals surface area contributed by atoms with Crippen molar-refractivity contribution < 1.29 is 9.53 Å². The summed E-state index contributed by atoms with van der Waals surface area (Å²) in [4.78, 5) is 19.8. The Morgan fingerprint density at radius 3 is 2.84 bits per heavy atom. The molecule has 1 fully saturated rings. The van der Waals surface area contributed by atoms with Crippen LogP contribution in [0, 0.1) is 13.8 Å². The van der Waals surface area contributed by atoms with Crippen LogP contribution in [0.5, 0.6) is 5.75 Å². The van der Waals surface area contributed by atoms with Crippen LogP contribution in [0.2, 0.25) is 0 Å². The Morgan fingerprint density at radius 1 is 1.19 bits per heavy atom. The second-order valence-electron chi connectivity index (χ2n) is 7.99. The number of aromatic nitrogens is 1. The van der Waals surface area contributed by atoms with Crippen molar-refractivity contribution in [2.24, 2.45) is 0 Å². The molecule has 1 amide bonds. The van der Waals surface area contributed by atoms with Gasteiger partial charge in [-0.15, -0.1) is 22.7 Å². The summed E-state index contributed by atoms with van der Waals surface area (Å²) in [5.74, 6) is 3.00. The van der Waals surface area contributed by atoms with E-state index < -0.39 is 0 Å². The average Bonchev–Trinajstić information content (AvgIpc) is 3.41. The molecule has 166 valence electrons. The minimum atomic E-state index is -0.155. The van der Waals surface area contributed by atoms with Gasteiger partial charge in [-0.3, -0.25) is 9.69 Å². The lowest BCUT2D eigenvalue weighted by Gasteiger charge is -2.26. The maximum atomic E-state index is 12.6. The topological polar surface area (TPSA) is 54.5 Å². The number of nitrogens with zero attached hydrogens (tertiary/aromatic N) is 2. The molecule has 1 aliphatic rings. The van der Waals surface area contributed by atoms with Crippen molar-refractivity contribution in [3.05, 3.63) is 51.8 Å². The van der Waals surface area contributed by atoms with Gasteiger partial charge in [0.2, 0.25) is 0 Å². The van der Waals surface area contributed by atoms with Gasteiger partial charge in [-0.25, -0.2) is 4.98 Å². The largest absolute Gasteiger partial charge is 0.483 e. The van der Waals surface area contributed by atoms with Crippen LogP contribution in [-0.2, 0) is 11.3 Å². The zero-order valence-corrected chi connectivity index (χ0v) is 20.6. The minimum Gasteiger partial charge on any atom is -0.483 e. The van der Waals surface area contributed by atoms with Gasteiger partial charge in [0.05, 0.1) is 19.9 Å². The van der Waals surface area contributed by atoms with Gasteiger partial charge in [-0.1, -0.05) is 12.1 Å². The van der Waals surface area contributed by atoms with Crippen LogP contribution in [0.3, 0.4) is 0 Å². The van der Waals surface area contributed by atoms with Crippen LogP contribution >= 0.6 is 34.4 Å². The normalized spacial score (nSPS) is 14.8. The Balaban J connectivity index is 1.24. The molecule has 4 aromatic rings. The van der Waals surface area contributed by atoms with Gasteiger partial charge in [0.1, 0.15) is 5.75 Å². The number of thiophene rings is 1. The number of carbonyl (C=O) groups excluding carboxylic acids is 1. The zero-order valence-electron chi connectivity index (χ0n) is 18.1. The number of hydrogen-bond acceptors (Lipinski definition) is 7. The van der Waals surface area contributed by atoms with Gasteiger partial charge in [0.25, 0.3) is 5.91 Å². The van der Waals surface area contributed by atoms with Gasteiger partial charge in [0, 0.05) is 48.3 Å². The molecular formula is C24H25N3O2S3. The second-order valence-corrected chi connectivity index (χ2v) is 11.4. The number of ether oxygens (including phenoxy) is 1. The molecule has 3 heterocycles. The average molecular weight is 484 g/mol. The van der Waals surface area contributed by atoms with E-state index in [0.717, 1.165) is 61.9 Å². The maximum Gasteiger partial charge on any atom is 0.262 e. The maximum absolute atomic E-state index is 12.6. The first-order valence-electron chi connectivity index (χ1n) is 10.7. The zero-order chi connectivity index (χ0) is 22.1. The van der Waals surface area contributed by atoms with Gasteiger partial charge in [-0.2, -0.15) is 11.8 Å². The standard InChI is InChI=1S/C24H25N3O2S3/c1-15-11-17(13-27-6-9-30-10-7-27)3-4-19(15)26-22(28)14-29-20-12-21-23(25-16(2)32-21)24-18(20)5-8-31-24/h3-5,8,11-12H,6-7,9-10,13-14H2,1-2H3,(H,26,28). The molecule has 0 aliphatic carbocycles. The SMILES string of the molecule is Cc1nc2c(cc(OCC(=O)Nc3ccc(CN4CCSCC4)cc3C)c3ccsc32)s1. The molecule has 0 atom stereocenters. The van der Waals surface area contributed by atoms with E-state index in [9.17, 15) is 4.79 Å². The number of amides is 1. The Labute approximate surface area is 199 Å². The van der Waals surface area contributed by atoms with E-state index in [1.807, 2.05) is 49.2 Å². The van der Waals surface area contributed by atoms with Crippen molar-refractivity contribution in [1.29, 1.82) is 0 Å². The van der Waals surface area contributed by atoms with Crippen molar-refractivity contribution in [2.75, 3.05) is 36.5 Å². The highest BCUT2D eigenvalue weighted by atomic mass is 32.2. The molecule has 1 saturated heterocycles. The van der Waals surface area contributed by atoms with Crippen LogP contribution in [0.1, 0.15) is 16.1 Å². The van der Waals surface area contributed by atoms with E-state index in [0.29, 0.717) is 0 Å². The molecule has 0 spiro atoms. The highest BCUT2D eigenvalue weighted by molar-refractivity contribution is 7.99. The van der Waals surface area contributed by atoms with E-state index in [2.05, 4.69) is 27.3 Å². The van der Waals surface area contributed by atoms with Gasteiger partial charge >= 0.3 is 0 Å². The van der Waals surface area contributed by atoms with Crippen molar-refractivity contribution in [2.45, 2.75) is 20.4 Å². The number of aryl methyl sites for hydroxylation is 2.